The molecule has 1 aromatic rings. The molecule has 0 bridgehead atoms. The minimum Gasteiger partial charge on any atom is -0.355 e. The van der Waals surface area contributed by atoms with Gasteiger partial charge in [-0.15, -0.1) is 0 Å². The number of halogens is 1. The van der Waals surface area contributed by atoms with E-state index in [0.29, 0.717) is 23.8 Å². The predicted octanol–water partition coefficient (Wildman–Crippen LogP) is 2.12. The van der Waals surface area contributed by atoms with Crippen molar-refractivity contribution in [2.24, 2.45) is 0 Å². The van der Waals surface area contributed by atoms with Crippen LogP contribution in [0.1, 0.15) is 20.8 Å². The third-order valence-corrected chi connectivity index (χ3v) is 3.42. The molecular weight excluding hydrogens is 290 g/mol. The van der Waals surface area contributed by atoms with Crippen LogP contribution in [0.4, 0.5) is 5.69 Å². The van der Waals surface area contributed by atoms with E-state index >= 15 is 0 Å². The van der Waals surface area contributed by atoms with Crippen LogP contribution in [0, 0.1) is 0 Å². The maximum atomic E-state index is 12.2. The van der Waals surface area contributed by atoms with Crippen molar-refractivity contribution in [1.82, 2.24) is 10.2 Å². The number of nitrogens with one attached hydrogen (secondary N) is 2. The normalized spacial score (nSPS) is 12.0. The molecule has 1 aromatic carbocycles. The van der Waals surface area contributed by atoms with Gasteiger partial charge in [0, 0.05) is 17.3 Å². The molecule has 0 spiro atoms. The summed E-state index contributed by atoms with van der Waals surface area (Å²) in [5.74, 6) is -0.228. The number of amides is 2. The Morgan fingerprint density at radius 2 is 1.86 bits per heavy atom. The lowest BCUT2D eigenvalue weighted by Gasteiger charge is -2.26. The molecule has 2 N–H and O–H groups in total. The standard InChI is InChI=1S/C15H22ClN3O2/c1-4-17-14(20)10-19(5-2)11(3)15(21)18-13-8-6-12(16)7-9-13/h6-9,11H,4-5,10H2,1-3H3,(H,17,20)(H,18,21)/t11-/m0/s1. The van der Waals surface area contributed by atoms with E-state index in [0.717, 1.165) is 0 Å². The summed E-state index contributed by atoms with van der Waals surface area (Å²) >= 11 is 5.81. The van der Waals surface area contributed by atoms with E-state index in [1.165, 1.54) is 0 Å². The lowest BCUT2D eigenvalue weighted by molar-refractivity contribution is -0.125. The van der Waals surface area contributed by atoms with Crippen LogP contribution in [-0.4, -0.2) is 42.4 Å². The molecule has 21 heavy (non-hydrogen) atoms. The first kappa shape index (κ1) is 17.5. The SMILES string of the molecule is CCNC(=O)CN(CC)[C@@H](C)C(=O)Nc1ccc(Cl)cc1. The summed E-state index contributed by atoms with van der Waals surface area (Å²) in [6.07, 6.45) is 0. The number of carbonyl (C=O) groups excluding carboxylic acids is 2. The van der Waals surface area contributed by atoms with E-state index in [2.05, 4.69) is 10.6 Å². The second-order valence-electron chi connectivity index (χ2n) is 4.69. The van der Waals surface area contributed by atoms with Crippen LogP contribution in [0.2, 0.25) is 5.02 Å². The summed E-state index contributed by atoms with van der Waals surface area (Å²) in [5.41, 5.74) is 0.685. The molecule has 0 aliphatic rings. The van der Waals surface area contributed by atoms with Gasteiger partial charge in [0.15, 0.2) is 0 Å². The number of carbonyl (C=O) groups is 2. The van der Waals surface area contributed by atoms with Gasteiger partial charge >= 0.3 is 0 Å². The fourth-order valence-corrected chi connectivity index (χ4v) is 2.03. The molecular formula is C15H22ClN3O2. The van der Waals surface area contributed by atoms with Gasteiger partial charge in [-0.25, -0.2) is 0 Å². The second-order valence-corrected chi connectivity index (χ2v) is 5.13. The van der Waals surface area contributed by atoms with Crippen molar-refractivity contribution in [2.75, 3.05) is 25.0 Å². The van der Waals surface area contributed by atoms with Gasteiger partial charge in [0.05, 0.1) is 12.6 Å². The largest absolute Gasteiger partial charge is 0.355 e. The van der Waals surface area contributed by atoms with Gasteiger partial charge in [-0.05, 0) is 44.7 Å². The Morgan fingerprint density at radius 1 is 1.24 bits per heavy atom. The zero-order valence-electron chi connectivity index (χ0n) is 12.6. The van der Waals surface area contributed by atoms with Gasteiger partial charge in [0.1, 0.15) is 0 Å². The van der Waals surface area contributed by atoms with Crippen molar-refractivity contribution in [3.63, 3.8) is 0 Å². The minimum atomic E-state index is -0.395. The number of nitrogens with zero attached hydrogens (tertiary/aromatic N) is 1. The van der Waals surface area contributed by atoms with E-state index in [-0.39, 0.29) is 18.4 Å². The van der Waals surface area contributed by atoms with Crippen LogP contribution in [0.3, 0.4) is 0 Å². The minimum absolute atomic E-state index is 0.0782. The zero-order chi connectivity index (χ0) is 15.8. The molecule has 0 heterocycles. The number of rotatable bonds is 7. The number of hydrogen-bond donors (Lipinski definition) is 2. The van der Waals surface area contributed by atoms with Gasteiger partial charge in [0.25, 0.3) is 0 Å². The third kappa shape index (κ3) is 5.73. The molecule has 0 aliphatic heterocycles. The van der Waals surface area contributed by atoms with Crippen molar-refractivity contribution in [2.45, 2.75) is 26.8 Å². The van der Waals surface area contributed by atoms with E-state index in [1.807, 2.05) is 18.7 Å². The molecule has 0 aliphatic carbocycles. The highest BCUT2D eigenvalue weighted by molar-refractivity contribution is 6.30. The molecule has 5 nitrogen and oxygen atoms in total. The van der Waals surface area contributed by atoms with Crippen LogP contribution in [0.15, 0.2) is 24.3 Å². The Labute approximate surface area is 130 Å². The Morgan fingerprint density at radius 3 is 2.38 bits per heavy atom. The van der Waals surface area contributed by atoms with E-state index in [9.17, 15) is 9.59 Å². The predicted molar refractivity (Wildman–Crippen MR) is 85.5 cm³/mol. The Hall–Kier alpha value is -1.59. The summed E-state index contributed by atoms with van der Waals surface area (Å²) < 4.78 is 0. The average Bonchev–Trinajstić information content (AvgIpc) is 2.46. The van der Waals surface area contributed by atoms with E-state index in [1.54, 1.807) is 31.2 Å². The first-order valence-electron chi connectivity index (χ1n) is 7.05. The van der Waals surface area contributed by atoms with Gasteiger partial charge in [-0.2, -0.15) is 0 Å². The average molecular weight is 312 g/mol. The molecule has 0 fully saturated rings. The lowest BCUT2D eigenvalue weighted by Crippen LogP contribution is -2.46. The first-order chi connectivity index (χ1) is 9.97. The topological polar surface area (TPSA) is 61.4 Å². The molecule has 0 radical (unpaired) electrons. The lowest BCUT2D eigenvalue weighted by atomic mass is 10.2. The van der Waals surface area contributed by atoms with Crippen molar-refractivity contribution in [3.05, 3.63) is 29.3 Å². The molecule has 1 rings (SSSR count). The van der Waals surface area contributed by atoms with Crippen molar-refractivity contribution < 1.29 is 9.59 Å². The van der Waals surface area contributed by atoms with Crippen molar-refractivity contribution in [1.29, 1.82) is 0 Å². The maximum Gasteiger partial charge on any atom is 0.241 e. The molecule has 0 saturated heterocycles. The molecule has 0 unspecified atom stereocenters. The molecule has 6 heteroatoms. The van der Waals surface area contributed by atoms with Gasteiger partial charge in [-0.3, -0.25) is 14.5 Å². The van der Waals surface area contributed by atoms with Gasteiger partial charge < -0.3 is 10.6 Å². The van der Waals surface area contributed by atoms with E-state index in [4.69, 9.17) is 11.6 Å². The molecule has 0 aromatic heterocycles. The van der Waals surface area contributed by atoms with Gasteiger partial charge in [0.2, 0.25) is 11.8 Å². The highest BCUT2D eigenvalue weighted by Crippen LogP contribution is 2.14. The molecule has 0 saturated carbocycles. The molecule has 2 amide bonds. The summed E-state index contributed by atoms with van der Waals surface area (Å²) in [5, 5.41) is 6.17. The summed E-state index contributed by atoms with van der Waals surface area (Å²) in [7, 11) is 0. The number of likely N-dealkylation sites (N-methyl/N-ethyl adjacent to an activating group) is 2. The monoisotopic (exact) mass is 311 g/mol. The fourth-order valence-electron chi connectivity index (χ4n) is 1.91. The van der Waals surface area contributed by atoms with Crippen LogP contribution >= 0.6 is 11.6 Å². The number of anilines is 1. The quantitative estimate of drug-likeness (QED) is 0.811. The van der Waals surface area contributed by atoms with Crippen LogP contribution in [0.25, 0.3) is 0 Å². The van der Waals surface area contributed by atoms with Crippen LogP contribution < -0.4 is 10.6 Å². The van der Waals surface area contributed by atoms with Crippen molar-refractivity contribution >= 4 is 29.1 Å². The Balaban J connectivity index is 2.62. The van der Waals surface area contributed by atoms with Gasteiger partial charge in [-0.1, -0.05) is 18.5 Å². The summed E-state index contributed by atoms with van der Waals surface area (Å²) in [6, 6.07) is 6.52. The summed E-state index contributed by atoms with van der Waals surface area (Å²) in [6.45, 7) is 6.98. The highest BCUT2D eigenvalue weighted by atomic mass is 35.5. The zero-order valence-corrected chi connectivity index (χ0v) is 13.4. The third-order valence-electron chi connectivity index (χ3n) is 3.17. The Bertz CT molecular complexity index is 476. The molecule has 1 atom stereocenters. The number of hydrogen-bond acceptors (Lipinski definition) is 3. The summed E-state index contributed by atoms with van der Waals surface area (Å²) in [4.78, 5) is 25.7. The van der Waals surface area contributed by atoms with E-state index < -0.39 is 6.04 Å². The number of benzene rings is 1. The fraction of sp³-hybridized carbons (Fsp3) is 0.467. The second kappa shape index (κ2) is 8.64. The Kier molecular flexibility index (Phi) is 7.19. The molecule has 116 valence electrons. The van der Waals surface area contributed by atoms with Crippen LogP contribution in [0.5, 0.6) is 0 Å². The highest BCUT2D eigenvalue weighted by Gasteiger charge is 2.22. The first-order valence-corrected chi connectivity index (χ1v) is 7.42. The van der Waals surface area contributed by atoms with Crippen molar-refractivity contribution in [3.8, 4) is 0 Å². The smallest absolute Gasteiger partial charge is 0.241 e. The van der Waals surface area contributed by atoms with Crippen LogP contribution in [-0.2, 0) is 9.59 Å². The maximum absolute atomic E-state index is 12.2.